The Labute approximate surface area is 165 Å². The fourth-order valence-corrected chi connectivity index (χ4v) is 3.13. The van der Waals surface area contributed by atoms with Gasteiger partial charge in [-0.3, -0.25) is 20.3 Å². The summed E-state index contributed by atoms with van der Waals surface area (Å²) in [5.74, 6) is -0.969. The Hall–Kier alpha value is -3.58. The number of aromatic hydroxyl groups is 1. The molecule has 12 nitrogen and oxygen atoms in total. The molecule has 29 heavy (non-hydrogen) atoms. The first-order chi connectivity index (χ1) is 13.6. The summed E-state index contributed by atoms with van der Waals surface area (Å²) >= 11 is 0. The first kappa shape index (κ1) is 21.7. The Morgan fingerprint density at radius 2 is 1.66 bits per heavy atom. The number of benzene rings is 2. The van der Waals surface area contributed by atoms with Crippen LogP contribution in [0.2, 0.25) is 0 Å². The van der Waals surface area contributed by atoms with Crippen LogP contribution in [0.25, 0.3) is 0 Å². The molecule has 0 heterocycles. The number of nitro groups is 1. The molecule has 156 valence electrons. The maximum absolute atomic E-state index is 12.3. The van der Waals surface area contributed by atoms with E-state index < -0.39 is 37.2 Å². The fourth-order valence-electron chi connectivity index (χ4n) is 2.27. The standard InChI is InChI=1S/C16H17N3O9S/c1-26-13-6-9(7-14(27-2)15(13)28-3)16(21)17-18-29(24,25)10-4-5-12(20)11(8-10)19(22)23/h4-8,18,20H,1-3H3,(H,17,21). The number of sulfonamides is 1. The lowest BCUT2D eigenvalue weighted by molar-refractivity contribution is -0.386. The van der Waals surface area contributed by atoms with Crippen molar-refractivity contribution in [3.63, 3.8) is 0 Å². The van der Waals surface area contributed by atoms with E-state index in [0.29, 0.717) is 6.07 Å². The lowest BCUT2D eigenvalue weighted by Gasteiger charge is -2.14. The first-order valence-electron chi connectivity index (χ1n) is 7.74. The average Bonchev–Trinajstić information content (AvgIpc) is 2.70. The number of hydrogen-bond acceptors (Lipinski definition) is 9. The second-order valence-electron chi connectivity index (χ2n) is 5.38. The number of phenolic OH excluding ortho intramolecular Hbond substituents is 1. The number of nitrogens with one attached hydrogen (secondary N) is 2. The summed E-state index contributed by atoms with van der Waals surface area (Å²) < 4.78 is 40.0. The van der Waals surface area contributed by atoms with Gasteiger partial charge in [0.2, 0.25) is 5.75 Å². The Morgan fingerprint density at radius 3 is 2.14 bits per heavy atom. The second-order valence-corrected chi connectivity index (χ2v) is 7.06. The lowest BCUT2D eigenvalue weighted by atomic mass is 10.1. The molecule has 0 saturated heterocycles. The zero-order valence-corrected chi connectivity index (χ0v) is 16.3. The highest BCUT2D eigenvalue weighted by Crippen LogP contribution is 2.38. The third kappa shape index (κ3) is 4.64. The smallest absolute Gasteiger partial charge is 0.312 e. The average molecular weight is 427 g/mol. The molecule has 0 unspecified atom stereocenters. The highest BCUT2D eigenvalue weighted by Gasteiger charge is 2.23. The van der Waals surface area contributed by atoms with Crippen LogP contribution in [0, 0.1) is 10.1 Å². The van der Waals surface area contributed by atoms with E-state index in [2.05, 4.69) is 0 Å². The molecule has 0 atom stereocenters. The Balaban J connectivity index is 2.26. The molecule has 0 aliphatic carbocycles. The van der Waals surface area contributed by atoms with Crippen molar-refractivity contribution in [1.29, 1.82) is 0 Å². The minimum absolute atomic E-state index is 0.0149. The van der Waals surface area contributed by atoms with Crippen molar-refractivity contribution in [3.8, 4) is 23.0 Å². The van der Waals surface area contributed by atoms with E-state index in [0.717, 1.165) is 12.1 Å². The molecule has 0 bridgehead atoms. The molecule has 3 N–H and O–H groups in total. The van der Waals surface area contributed by atoms with Gasteiger partial charge in [0, 0.05) is 11.6 Å². The van der Waals surface area contributed by atoms with Gasteiger partial charge in [0.15, 0.2) is 17.2 Å². The van der Waals surface area contributed by atoms with Gasteiger partial charge in [-0.25, -0.2) is 8.42 Å². The van der Waals surface area contributed by atoms with Crippen molar-refractivity contribution in [3.05, 3.63) is 46.0 Å². The Kier molecular flexibility index (Phi) is 6.45. The van der Waals surface area contributed by atoms with Crippen molar-refractivity contribution >= 4 is 21.6 Å². The van der Waals surface area contributed by atoms with Gasteiger partial charge in [0.1, 0.15) is 0 Å². The van der Waals surface area contributed by atoms with Gasteiger partial charge in [0.25, 0.3) is 15.9 Å². The number of nitrogens with zero attached hydrogens (tertiary/aromatic N) is 1. The minimum Gasteiger partial charge on any atom is -0.502 e. The third-order valence-corrected chi connectivity index (χ3v) is 4.93. The molecule has 13 heteroatoms. The predicted octanol–water partition coefficient (Wildman–Crippen LogP) is 0.949. The van der Waals surface area contributed by atoms with Crippen molar-refractivity contribution in [2.75, 3.05) is 21.3 Å². The highest BCUT2D eigenvalue weighted by atomic mass is 32.2. The van der Waals surface area contributed by atoms with Crippen molar-refractivity contribution < 1.29 is 37.5 Å². The summed E-state index contributed by atoms with van der Waals surface area (Å²) in [6, 6.07) is 5.06. The van der Waals surface area contributed by atoms with E-state index in [9.17, 15) is 28.4 Å². The summed E-state index contributed by atoms with van der Waals surface area (Å²) in [6.45, 7) is 0. The molecular weight excluding hydrogens is 410 g/mol. The number of rotatable bonds is 8. The zero-order chi connectivity index (χ0) is 21.8. The SMILES string of the molecule is COc1cc(C(=O)NNS(=O)(=O)c2ccc(O)c([N+](=O)[O-])c2)cc(OC)c1OC. The van der Waals surface area contributed by atoms with Crippen molar-refractivity contribution in [1.82, 2.24) is 10.3 Å². The second kappa shape index (κ2) is 8.62. The van der Waals surface area contributed by atoms with Gasteiger partial charge >= 0.3 is 5.69 Å². The molecule has 0 saturated carbocycles. The molecule has 2 rings (SSSR count). The van der Waals surface area contributed by atoms with Crippen LogP contribution >= 0.6 is 0 Å². The Morgan fingerprint density at radius 1 is 1.07 bits per heavy atom. The molecule has 0 fully saturated rings. The number of carbonyl (C=O) groups is 1. The van der Waals surface area contributed by atoms with Crippen LogP contribution in [0.4, 0.5) is 5.69 Å². The van der Waals surface area contributed by atoms with E-state index in [4.69, 9.17) is 14.2 Å². The molecule has 0 aromatic heterocycles. The van der Waals surface area contributed by atoms with E-state index in [1.165, 1.54) is 33.5 Å². The van der Waals surface area contributed by atoms with Crippen LogP contribution in [-0.2, 0) is 10.0 Å². The van der Waals surface area contributed by atoms with Crippen LogP contribution in [0.15, 0.2) is 35.2 Å². The van der Waals surface area contributed by atoms with Gasteiger partial charge in [-0.1, -0.05) is 0 Å². The third-order valence-electron chi connectivity index (χ3n) is 3.68. The molecule has 1 amide bonds. The number of phenols is 1. The van der Waals surface area contributed by atoms with Crippen LogP contribution in [0.5, 0.6) is 23.0 Å². The van der Waals surface area contributed by atoms with Crippen LogP contribution in [0.1, 0.15) is 10.4 Å². The number of hydrogen-bond donors (Lipinski definition) is 3. The summed E-state index contributed by atoms with van der Waals surface area (Å²) in [6.07, 6.45) is 0. The van der Waals surface area contributed by atoms with E-state index in [-0.39, 0.29) is 22.8 Å². The number of methoxy groups -OCH3 is 3. The van der Waals surface area contributed by atoms with E-state index in [1.54, 1.807) is 0 Å². The van der Waals surface area contributed by atoms with Crippen LogP contribution < -0.4 is 24.5 Å². The minimum atomic E-state index is -4.37. The van der Waals surface area contributed by atoms with Gasteiger partial charge in [0.05, 0.1) is 31.1 Å². The largest absolute Gasteiger partial charge is 0.502 e. The van der Waals surface area contributed by atoms with Crippen LogP contribution in [0.3, 0.4) is 0 Å². The van der Waals surface area contributed by atoms with Gasteiger partial charge in [-0.2, -0.15) is 0 Å². The van der Waals surface area contributed by atoms with Crippen LogP contribution in [-0.4, -0.2) is 45.7 Å². The summed E-state index contributed by atoms with van der Waals surface area (Å²) in [4.78, 5) is 23.5. The highest BCUT2D eigenvalue weighted by molar-refractivity contribution is 7.89. The maximum atomic E-state index is 12.3. The van der Waals surface area contributed by atoms with E-state index >= 15 is 0 Å². The monoisotopic (exact) mass is 427 g/mol. The molecule has 0 aliphatic heterocycles. The van der Waals surface area contributed by atoms with Crippen molar-refractivity contribution in [2.45, 2.75) is 4.90 Å². The topological polar surface area (TPSA) is 166 Å². The summed E-state index contributed by atoms with van der Waals surface area (Å²) in [5.41, 5.74) is 1.16. The Bertz CT molecular complexity index is 1030. The molecule has 0 radical (unpaired) electrons. The number of carbonyl (C=O) groups excluding carboxylic acids is 1. The maximum Gasteiger partial charge on any atom is 0.312 e. The number of hydrazine groups is 1. The molecule has 2 aromatic rings. The molecule has 0 aliphatic rings. The fraction of sp³-hybridized carbons (Fsp3) is 0.188. The number of nitro benzene ring substituents is 1. The van der Waals surface area contributed by atoms with E-state index in [1.807, 2.05) is 10.3 Å². The van der Waals surface area contributed by atoms with Gasteiger partial charge < -0.3 is 19.3 Å². The van der Waals surface area contributed by atoms with Crippen molar-refractivity contribution in [2.24, 2.45) is 0 Å². The molecule has 2 aromatic carbocycles. The summed E-state index contributed by atoms with van der Waals surface area (Å²) in [7, 11) is -0.292. The normalized spacial score (nSPS) is 10.9. The lowest BCUT2D eigenvalue weighted by Crippen LogP contribution is -2.41. The van der Waals surface area contributed by atoms with Gasteiger partial charge in [-0.05, 0) is 24.3 Å². The molecule has 0 spiro atoms. The zero-order valence-electron chi connectivity index (χ0n) is 15.5. The number of amides is 1. The first-order valence-corrected chi connectivity index (χ1v) is 9.22. The van der Waals surface area contributed by atoms with Gasteiger partial charge in [-0.15, -0.1) is 4.83 Å². The summed E-state index contributed by atoms with van der Waals surface area (Å²) in [5, 5.41) is 20.3. The molecular formula is C16H17N3O9S. The number of ether oxygens (including phenoxy) is 3. The predicted molar refractivity (Wildman–Crippen MR) is 98.6 cm³/mol. The quantitative estimate of drug-likeness (QED) is 0.410.